The van der Waals surface area contributed by atoms with Crippen LogP contribution in [-0.4, -0.2) is 11.4 Å². The molecule has 2 nitrogen and oxygen atoms in total. The summed E-state index contributed by atoms with van der Waals surface area (Å²) in [5.41, 5.74) is 23.9. The number of aromatic nitrogens is 1. The van der Waals surface area contributed by atoms with Gasteiger partial charge in [0.15, 0.2) is 0 Å². The summed E-state index contributed by atoms with van der Waals surface area (Å²) in [6.45, 7) is 34.8. The van der Waals surface area contributed by atoms with Crippen LogP contribution in [0.15, 0.2) is 72.8 Å². The first-order valence-corrected chi connectivity index (χ1v) is 23.5. The van der Waals surface area contributed by atoms with E-state index in [9.17, 15) is 0 Å². The summed E-state index contributed by atoms with van der Waals surface area (Å²) in [7, 11) is 0. The van der Waals surface area contributed by atoms with Crippen molar-refractivity contribution in [3.05, 3.63) is 112 Å². The molecule has 2 aliphatic heterocycles. The molecule has 5 aliphatic rings. The molecule has 0 amide bonds. The van der Waals surface area contributed by atoms with Crippen LogP contribution in [-0.2, 0) is 32.5 Å². The van der Waals surface area contributed by atoms with Gasteiger partial charge in [-0.25, -0.2) is 0 Å². The molecule has 0 bridgehead atoms. The van der Waals surface area contributed by atoms with Gasteiger partial charge < -0.3 is 9.38 Å². The Balaban J connectivity index is 1.35. The van der Waals surface area contributed by atoms with Gasteiger partial charge in [-0.15, -0.1) is 0 Å². The second kappa shape index (κ2) is 11.8. The zero-order chi connectivity index (χ0) is 42.4. The smallest absolute Gasteiger partial charge is 0.333 e. The Morgan fingerprint density at radius 1 is 0.500 bits per heavy atom. The van der Waals surface area contributed by atoms with Gasteiger partial charge in [-0.2, -0.15) is 0 Å². The first-order chi connectivity index (χ1) is 28.0. The summed E-state index contributed by atoms with van der Waals surface area (Å²) in [6, 6.07) is 30.4. The first kappa shape index (κ1) is 38.7. The van der Waals surface area contributed by atoms with Crippen LogP contribution < -0.4 is 15.7 Å². The highest BCUT2D eigenvalue weighted by molar-refractivity contribution is 6.93. The number of fused-ring (bicyclic) bond motifs is 11. The highest BCUT2D eigenvalue weighted by atomic mass is 15.1. The van der Waals surface area contributed by atoms with Gasteiger partial charge in [0.25, 0.3) is 0 Å². The maximum absolute atomic E-state index is 2.86. The van der Waals surface area contributed by atoms with E-state index in [1.54, 1.807) is 5.56 Å². The van der Waals surface area contributed by atoms with E-state index in [0.717, 1.165) is 0 Å². The molecule has 5 aromatic carbocycles. The molecule has 3 heteroatoms. The van der Waals surface area contributed by atoms with E-state index < -0.39 is 0 Å². The number of para-hydroxylation sites is 1. The monoisotopic (exact) mass is 791 g/mol. The molecule has 3 heterocycles. The van der Waals surface area contributed by atoms with E-state index in [1.807, 2.05) is 0 Å². The van der Waals surface area contributed by atoms with Gasteiger partial charge in [0.2, 0.25) is 0 Å². The Labute approximate surface area is 361 Å². The van der Waals surface area contributed by atoms with Crippen molar-refractivity contribution in [3.8, 4) is 16.8 Å². The lowest BCUT2D eigenvalue weighted by Gasteiger charge is -2.48. The van der Waals surface area contributed by atoms with Crippen LogP contribution in [0.2, 0.25) is 0 Å². The minimum absolute atomic E-state index is 0.0182. The average Bonchev–Trinajstić information content (AvgIpc) is 3.54. The van der Waals surface area contributed by atoms with Gasteiger partial charge in [0, 0.05) is 33.4 Å². The van der Waals surface area contributed by atoms with Crippen LogP contribution in [0.4, 0.5) is 11.4 Å². The van der Waals surface area contributed by atoms with Crippen molar-refractivity contribution in [2.45, 2.75) is 174 Å². The van der Waals surface area contributed by atoms with Gasteiger partial charge in [-0.1, -0.05) is 133 Å². The van der Waals surface area contributed by atoms with Gasteiger partial charge in [0.1, 0.15) is 0 Å². The number of benzene rings is 5. The summed E-state index contributed by atoms with van der Waals surface area (Å²) in [6.07, 6.45) is 7.23. The van der Waals surface area contributed by atoms with Crippen LogP contribution >= 0.6 is 0 Å². The standard InChI is InChI=1S/C57H67BN2/c1-33(2)36-28-38-37-29-41-43(56(11,12)25-23-54(41,7)8)31-47(37)60(34-19-20-39-40(27-34)53(5,6)22-21-52(39,3)4)58-45-30-42-44(57(13,14)26-24-55(42,9)10)32-48(45)59-46-18-16-15-17-35(46)49(36)51(59)50(38)58/h15-20,27-33H,21-26H2,1-14H3. The highest BCUT2D eigenvalue weighted by Gasteiger charge is 2.49. The minimum Gasteiger partial charge on any atom is -0.376 e. The summed E-state index contributed by atoms with van der Waals surface area (Å²) in [5, 5.41) is 2.83. The number of rotatable bonds is 2. The van der Waals surface area contributed by atoms with Crippen molar-refractivity contribution < 1.29 is 0 Å². The molecule has 60 heavy (non-hydrogen) atoms. The maximum Gasteiger partial charge on any atom is 0.333 e. The summed E-state index contributed by atoms with van der Waals surface area (Å²) in [5.74, 6) is 0.374. The second-order valence-corrected chi connectivity index (χ2v) is 24.3. The SMILES string of the molecule is CC(C)c1cc2c3c4c1c1ccccc1n4-c1cc4c(cc1B3N(c1ccc3c(c1)C(C)(C)CCC3(C)C)c1cc3c(cc1-2)C(C)(C)CCC3(C)C)C(C)(C)CCC4(C)C. The predicted molar refractivity (Wildman–Crippen MR) is 260 cm³/mol. The quantitative estimate of drug-likeness (QED) is 0.159. The Kier molecular flexibility index (Phi) is 7.61. The number of anilines is 2. The molecule has 0 radical (unpaired) electrons. The van der Waals surface area contributed by atoms with Gasteiger partial charge in [0.05, 0.1) is 11.0 Å². The van der Waals surface area contributed by atoms with Crippen LogP contribution in [0.1, 0.15) is 180 Å². The second-order valence-electron chi connectivity index (χ2n) is 24.3. The fourth-order valence-corrected chi connectivity index (χ4v) is 13.1. The Morgan fingerprint density at radius 2 is 1.00 bits per heavy atom. The van der Waals surface area contributed by atoms with Crippen molar-refractivity contribution in [3.63, 3.8) is 0 Å². The lowest BCUT2D eigenvalue weighted by atomic mass is 9.43. The third kappa shape index (κ3) is 5.02. The molecule has 0 N–H and O–H groups in total. The lowest BCUT2D eigenvalue weighted by molar-refractivity contribution is 0.332. The molecule has 0 saturated heterocycles. The molecule has 3 aliphatic carbocycles. The number of hydrogen-bond donors (Lipinski definition) is 0. The molecule has 0 saturated carbocycles. The highest BCUT2D eigenvalue weighted by Crippen LogP contribution is 2.55. The zero-order valence-electron chi connectivity index (χ0n) is 39.2. The molecular weight excluding hydrogens is 723 g/mol. The zero-order valence-corrected chi connectivity index (χ0v) is 39.2. The van der Waals surface area contributed by atoms with Crippen LogP contribution in [0.3, 0.4) is 0 Å². The van der Waals surface area contributed by atoms with Crippen LogP contribution in [0.25, 0.3) is 38.6 Å². The van der Waals surface area contributed by atoms with Crippen LogP contribution in [0.5, 0.6) is 0 Å². The van der Waals surface area contributed by atoms with Gasteiger partial charge >= 0.3 is 6.85 Å². The fourth-order valence-electron chi connectivity index (χ4n) is 13.1. The molecule has 308 valence electrons. The van der Waals surface area contributed by atoms with Crippen molar-refractivity contribution >= 4 is 51.0 Å². The average molecular weight is 791 g/mol. The van der Waals surface area contributed by atoms with E-state index in [-0.39, 0.29) is 39.3 Å². The first-order valence-electron chi connectivity index (χ1n) is 23.5. The van der Waals surface area contributed by atoms with Crippen molar-refractivity contribution in [1.29, 1.82) is 0 Å². The Bertz CT molecular complexity index is 2870. The van der Waals surface area contributed by atoms with E-state index in [0.29, 0.717) is 5.92 Å². The summed E-state index contributed by atoms with van der Waals surface area (Å²) < 4.78 is 2.73. The van der Waals surface area contributed by atoms with Gasteiger partial charge in [-0.05, 0) is 169 Å². The molecule has 6 aromatic rings. The molecule has 11 rings (SSSR count). The summed E-state index contributed by atoms with van der Waals surface area (Å²) >= 11 is 0. The van der Waals surface area contributed by atoms with E-state index in [1.165, 1.54) is 133 Å². The lowest BCUT2D eigenvalue weighted by Crippen LogP contribution is -2.61. The molecule has 0 atom stereocenters. The maximum atomic E-state index is 2.86. The van der Waals surface area contributed by atoms with E-state index >= 15 is 0 Å². The predicted octanol–water partition coefficient (Wildman–Crippen LogP) is 14.2. The third-order valence-electron chi connectivity index (χ3n) is 17.3. The Morgan fingerprint density at radius 3 is 1.58 bits per heavy atom. The largest absolute Gasteiger partial charge is 0.376 e. The molecule has 1 aromatic heterocycles. The number of hydrogen-bond acceptors (Lipinski definition) is 1. The van der Waals surface area contributed by atoms with Crippen molar-refractivity contribution in [2.24, 2.45) is 0 Å². The van der Waals surface area contributed by atoms with Gasteiger partial charge in [-0.3, -0.25) is 0 Å². The molecular formula is C57H67BN2. The molecule has 0 fully saturated rings. The fraction of sp³-hybridized carbons (Fsp3) is 0.474. The number of nitrogens with zero attached hydrogens (tertiary/aromatic N) is 2. The molecule has 0 unspecified atom stereocenters. The third-order valence-corrected chi connectivity index (χ3v) is 17.3. The Hall–Kier alpha value is -4.24. The van der Waals surface area contributed by atoms with Crippen LogP contribution in [0, 0.1) is 0 Å². The van der Waals surface area contributed by atoms with E-state index in [4.69, 9.17) is 0 Å². The van der Waals surface area contributed by atoms with Crippen molar-refractivity contribution in [2.75, 3.05) is 4.81 Å². The topological polar surface area (TPSA) is 8.17 Å². The molecule has 0 spiro atoms. The minimum atomic E-state index is 0.0182. The van der Waals surface area contributed by atoms with Crippen molar-refractivity contribution in [1.82, 2.24) is 4.57 Å². The normalized spacial score (nSPS) is 21.6. The van der Waals surface area contributed by atoms with E-state index in [2.05, 4.69) is 179 Å². The summed E-state index contributed by atoms with van der Waals surface area (Å²) in [4.78, 5) is 2.86.